The molecule has 3 atom stereocenters. The lowest BCUT2D eigenvalue weighted by molar-refractivity contribution is -0.139. The molecule has 0 saturated heterocycles. The van der Waals surface area contributed by atoms with Gasteiger partial charge in [0.05, 0.1) is 23.7 Å². The van der Waals surface area contributed by atoms with Crippen molar-refractivity contribution in [1.82, 2.24) is 9.97 Å². The molecule has 0 amide bonds. The molecular formula is C29H28F4N2O5. The molecule has 1 aromatic carbocycles. The number of aryl methyl sites for hydroxylation is 1. The van der Waals surface area contributed by atoms with Gasteiger partial charge in [0.1, 0.15) is 12.4 Å². The maximum Gasteiger partial charge on any atom is 0.417 e. The monoisotopic (exact) mass is 560 g/mol. The van der Waals surface area contributed by atoms with Gasteiger partial charge in [-0.3, -0.25) is 4.79 Å². The number of carboxylic acid groups (broad SMARTS) is 1. The van der Waals surface area contributed by atoms with E-state index in [1.54, 1.807) is 26.1 Å². The number of aromatic nitrogens is 2. The van der Waals surface area contributed by atoms with Gasteiger partial charge < -0.3 is 19.7 Å². The van der Waals surface area contributed by atoms with Crippen molar-refractivity contribution in [3.8, 4) is 22.9 Å². The number of nitrogens with zero attached hydrogens (tertiary/aromatic N) is 2. The number of halogens is 4. The summed E-state index contributed by atoms with van der Waals surface area (Å²) in [5, 5.41) is 19.1. The van der Waals surface area contributed by atoms with Crippen molar-refractivity contribution in [2.75, 3.05) is 6.61 Å². The van der Waals surface area contributed by atoms with Crippen molar-refractivity contribution < 1.29 is 42.0 Å². The van der Waals surface area contributed by atoms with E-state index in [1.165, 1.54) is 19.1 Å². The lowest BCUT2D eigenvalue weighted by atomic mass is 9.95. The van der Waals surface area contributed by atoms with Gasteiger partial charge >= 0.3 is 12.1 Å². The zero-order valence-electron chi connectivity index (χ0n) is 22.1. The van der Waals surface area contributed by atoms with Crippen LogP contribution in [0.3, 0.4) is 0 Å². The third-order valence-electron chi connectivity index (χ3n) is 7.45. The topological polar surface area (TPSA) is 102 Å². The minimum atomic E-state index is -4.82. The highest BCUT2D eigenvalue weighted by Crippen LogP contribution is 2.61. The molecule has 2 aromatic heterocycles. The van der Waals surface area contributed by atoms with Crippen LogP contribution in [0.25, 0.3) is 11.1 Å². The molecule has 0 bridgehead atoms. The maximum absolute atomic E-state index is 14.9. The first kappa shape index (κ1) is 27.8. The summed E-state index contributed by atoms with van der Waals surface area (Å²) in [6.45, 7) is 4.60. The van der Waals surface area contributed by atoms with Gasteiger partial charge in [-0.2, -0.15) is 13.2 Å². The van der Waals surface area contributed by atoms with E-state index in [2.05, 4.69) is 9.97 Å². The molecule has 2 heterocycles. The molecule has 0 aliphatic heterocycles. The second-order valence-electron chi connectivity index (χ2n) is 10.9. The summed E-state index contributed by atoms with van der Waals surface area (Å²) in [5.74, 6) is -1.94. The first-order valence-corrected chi connectivity index (χ1v) is 12.8. The number of aliphatic carboxylic acids is 1. The van der Waals surface area contributed by atoms with E-state index in [0.717, 1.165) is 17.2 Å². The number of carbonyl (C=O) groups is 1. The second-order valence-corrected chi connectivity index (χ2v) is 10.9. The minimum absolute atomic E-state index is 0.0367. The maximum atomic E-state index is 14.9. The fourth-order valence-corrected chi connectivity index (χ4v) is 5.33. The fourth-order valence-electron chi connectivity index (χ4n) is 5.33. The molecule has 0 spiro atoms. The molecule has 11 heteroatoms. The number of aliphatic hydroxyl groups is 1. The molecule has 3 aromatic rings. The van der Waals surface area contributed by atoms with Gasteiger partial charge in [-0.25, -0.2) is 14.4 Å². The first-order chi connectivity index (χ1) is 18.7. The Bertz CT molecular complexity index is 1470. The number of benzene rings is 1. The van der Waals surface area contributed by atoms with Crippen LogP contribution in [0, 0.1) is 24.6 Å². The van der Waals surface area contributed by atoms with Gasteiger partial charge in [0.2, 0.25) is 11.8 Å². The summed E-state index contributed by atoms with van der Waals surface area (Å²) >= 11 is 0. The molecule has 0 radical (unpaired) electrons. The van der Waals surface area contributed by atoms with Gasteiger partial charge in [0, 0.05) is 47.5 Å². The van der Waals surface area contributed by atoms with Gasteiger partial charge in [0.15, 0.2) is 0 Å². The largest absolute Gasteiger partial charge is 0.481 e. The number of pyridine rings is 2. The van der Waals surface area contributed by atoms with Gasteiger partial charge in [-0.05, 0) is 68.0 Å². The highest BCUT2D eigenvalue weighted by atomic mass is 19.4. The Morgan fingerprint density at radius 3 is 2.50 bits per heavy atom. The molecule has 2 aliphatic carbocycles. The Balaban J connectivity index is 1.37. The predicted octanol–water partition coefficient (Wildman–Crippen LogP) is 5.70. The van der Waals surface area contributed by atoms with E-state index in [9.17, 15) is 32.6 Å². The standard InChI is InChI=1S/C29H28F4N2O5/c1-14-17(4-5-23(35-14)39-7-6-28(2,3)38)18-9-16(22(30)11-21(18)29(31,32)33)13-40-24-10-15-8-19-25(20(15)12-34-24)26(19)27(36)37/h4-5,9-12,19,25-26,38H,6-8,13H2,1-3H3,(H,36,37). The third-order valence-corrected chi connectivity index (χ3v) is 7.45. The fraction of sp³-hybridized carbons (Fsp3) is 0.414. The molecule has 40 heavy (non-hydrogen) atoms. The summed E-state index contributed by atoms with van der Waals surface area (Å²) in [6.07, 6.45) is -2.34. The van der Waals surface area contributed by atoms with Crippen LogP contribution < -0.4 is 9.47 Å². The molecule has 7 nitrogen and oxygen atoms in total. The minimum Gasteiger partial charge on any atom is -0.481 e. The van der Waals surface area contributed by atoms with Crippen molar-refractivity contribution in [1.29, 1.82) is 0 Å². The van der Waals surface area contributed by atoms with Crippen LogP contribution in [0.15, 0.2) is 36.5 Å². The van der Waals surface area contributed by atoms with Crippen molar-refractivity contribution in [2.24, 2.45) is 11.8 Å². The van der Waals surface area contributed by atoms with E-state index < -0.39 is 35.0 Å². The van der Waals surface area contributed by atoms with Crippen LogP contribution in [0.5, 0.6) is 11.8 Å². The lowest BCUT2D eigenvalue weighted by Crippen LogP contribution is -2.22. The highest BCUT2D eigenvalue weighted by Gasteiger charge is 2.60. The molecule has 1 fully saturated rings. The predicted molar refractivity (Wildman–Crippen MR) is 135 cm³/mol. The normalized spacial score (nSPS) is 19.6. The average molecular weight is 561 g/mol. The quantitative estimate of drug-likeness (QED) is 0.324. The van der Waals surface area contributed by atoms with Crippen molar-refractivity contribution in [2.45, 2.75) is 57.9 Å². The molecule has 212 valence electrons. The van der Waals surface area contributed by atoms with Crippen molar-refractivity contribution in [3.05, 3.63) is 70.3 Å². The SMILES string of the molecule is Cc1nc(OCCC(C)(C)O)ccc1-c1cc(COc2cc3c(cn2)C2C(C3)C2C(=O)O)c(F)cc1C(F)(F)F. The number of alkyl halides is 3. The van der Waals surface area contributed by atoms with Crippen molar-refractivity contribution in [3.63, 3.8) is 0 Å². The van der Waals surface area contributed by atoms with E-state index in [0.29, 0.717) is 18.9 Å². The number of hydrogen-bond acceptors (Lipinski definition) is 6. The Kier molecular flexibility index (Phi) is 6.98. The van der Waals surface area contributed by atoms with Crippen LogP contribution in [-0.2, 0) is 24.0 Å². The summed E-state index contributed by atoms with van der Waals surface area (Å²) in [4.78, 5) is 19.8. The van der Waals surface area contributed by atoms with E-state index >= 15 is 0 Å². The summed E-state index contributed by atoms with van der Waals surface area (Å²) in [7, 11) is 0. The number of hydrogen-bond donors (Lipinski definition) is 2. The van der Waals surface area contributed by atoms with Crippen LogP contribution in [0.2, 0.25) is 0 Å². The van der Waals surface area contributed by atoms with E-state index in [-0.39, 0.29) is 59.2 Å². The summed E-state index contributed by atoms with van der Waals surface area (Å²) < 4.78 is 67.8. The van der Waals surface area contributed by atoms with E-state index in [4.69, 9.17) is 9.47 Å². The smallest absolute Gasteiger partial charge is 0.417 e. The Labute approximate surface area is 227 Å². The summed E-state index contributed by atoms with van der Waals surface area (Å²) in [5.41, 5.74) is -0.235. The van der Waals surface area contributed by atoms with Gasteiger partial charge in [-0.15, -0.1) is 0 Å². The molecule has 2 N–H and O–H groups in total. The lowest BCUT2D eigenvalue weighted by Gasteiger charge is -2.18. The average Bonchev–Trinajstić information content (AvgIpc) is 3.44. The molecule has 3 unspecified atom stereocenters. The molecule has 2 aliphatic rings. The zero-order valence-corrected chi connectivity index (χ0v) is 22.1. The number of carboxylic acids is 1. The van der Waals surface area contributed by atoms with Gasteiger partial charge in [0.25, 0.3) is 0 Å². The number of ether oxygens (including phenoxy) is 2. The van der Waals surface area contributed by atoms with Crippen LogP contribution in [0.1, 0.15) is 54.1 Å². The Morgan fingerprint density at radius 1 is 1.10 bits per heavy atom. The second kappa shape index (κ2) is 10.0. The molecule has 5 rings (SSSR count). The molecular weight excluding hydrogens is 532 g/mol. The van der Waals surface area contributed by atoms with Crippen LogP contribution in [-0.4, -0.2) is 38.4 Å². The first-order valence-electron chi connectivity index (χ1n) is 12.8. The Morgan fingerprint density at radius 2 is 1.85 bits per heavy atom. The van der Waals surface area contributed by atoms with Gasteiger partial charge in [-0.1, -0.05) is 0 Å². The highest BCUT2D eigenvalue weighted by molar-refractivity contribution is 5.77. The van der Waals surface area contributed by atoms with E-state index in [1.807, 2.05) is 0 Å². The van der Waals surface area contributed by atoms with Crippen LogP contribution >= 0.6 is 0 Å². The zero-order chi connectivity index (χ0) is 29.0. The molecule has 1 saturated carbocycles. The third kappa shape index (κ3) is 5.60. The van der Waals surface area contributed by atoms with Crippen molar-refractivity contribution >= 4 is 5.97 Å². The number of fused-ring (bicyclic) bond motifs is 3. The Hall–Kier alpha value is -3.73. The number of rotatable bonds is 9. The van der Waals surface area contributed by atoms with Crippen LogP contribution in [0.4, 0.5) is 17.6 Å². The summed E-state index contributed by atoms with van der Waals surface area (Å²) in [6, 6.07) is 6.11.